The third-order valence-electron chi connectivity index (χ3n) is 17.2. The van der Waals surface area contributed by atoms with E-state index in [0.29, 0.717) is 12.8 Å². The quantitative estimate of drug-likeness (QED) is 0.0204. The van der Waals surface area contributed by atoms with Gasteiger partial charge in [-0.05, 0) is 89.9 Å². The second kappa shape index (κ2) is 59.6. The first-order chi connectivity index (χ1) is 44.1. The molecule has 2 saturated heterocycles. The van der Waals surface area contributed by atoms with Gasteiger partial charge in [0.1, 0.15) is 48.8 Å². The van der Waals surface area contributed by atoms with Gasteiger partial charge in [0.2, 0.25) is 5.91 Å². The van der Waals surface area contributed by atoms with Crippen LogP contribution in [0.3, 0.4) is 0 Å². The van der Waals surface area contributed by atoms with Crippen LogP contribution in [0.2, 0.25) is 0 Å². The molecular weight excluding hydrogens is 1130 g/mol. The molecule has 0 aliphatic carbocycles. The predicted molar refractivity (Wildman–Crippen MR) is 369 cm³/mol. The molecule has 9 N–H and O–H groups in total. The molecule has 12 unspecified atom stereocenters. The van der Waals surface area contributed by atoms with E-state index < -0.39 is 86.8 Å². The van der Waals surface area contributed by atoms with Gasteiger partial charge in [-0.25, -0.2) is 0 Å². The Balaban J connectivity index is 1.70. The van der Waals surface area contributed by atoms with E-state index in [1.54, 1.807) is 6.08 Å². The maximum absolute atomic E-state index is 13.3. The van der Waals surface area contributed by atoms with Crippen molar-refractivity contribution >= 4 is 5.91 Å². The molecule has 2 aliphatic heterocycles. The number of ether oxygens (including phenoxy) is 4. The van der Waals surface area contributed by atoms with Gasteiger partial charge in [-0.15, -0.1) is 0 Å². The van der Waals surface area contributed by atoms with Crippen molar-refractivity contribution in [2.24, 2.45) is 0 Å². The SMILES string of the molecule is CC/C=C\C/C=C\C/C=C\C/C=C\C/C=C\CCCCCCCCCCCC(=O)NC(COC1OC(CO)C(OC2OC(CO)C(O)C(O)C2O)C(O)C1O)C(O)/C=C/CC/C=C/CC/C=C/CCCCCCCCCCCCCCCCCCCCCCC. The van der Waals surface area contributed by atoms with Gasteiger partial charge in [0, 0.05) is 6.42 Å². The number of carbonyl (C=O) groups excluding carboxylic acids is 1. The van der Waals surface area contributed by atoms with Gasteiger partial charge in [-0.1, -0.05) is 284 Å². The molecule has 2 rings (SSSR count). The summed E-state index contributed by atoms with van der Waals surface area (Å²) in [4.78, 5) is 13.3. The molecule has 14 nitrogen and oxygen atoms in total. The van der Waals surface area contributed by atoms with E-state index in [1.165, 1.54) is 167 Å². The number of nitrogens with one attached hydrogen (secondary N) is 1. The average molecular weight is 1270 g/mol. The second-order valence-electron chi connectivity index (χ2n) is 25.3. The molecular formula is C76H133NO13. The molecule has 2 aliphatic rings. The molecule has 0 bridgehead atoms. The highest BCUT2D eigenvalue weighted by molar-refractivity contribution is 5.76. The standard InChI is InChI=1S/C76H133NO13/c1-3-5-7-9-11-13-15-17-19-21-23-25-27-29-30-31-32-33-34-36-37-39-41-43-45-47-49-51-53-55-57-59-65(80)64(63-87-75-73(86)71(84)74(67(62-79)89-75)90-76-72(85)70(83)69(82)66(61-78)88-76)77-68(81)60-58-56-54-52-50-48-46-44-42-40-38-35-28-26-24-22-20-18-16-14-12-10-8-6-4-2/h6,8,12,14,18,20,24,26,35,38,41,43,49,51,57,59,64-67,69-76,78-80,82-86H,3-5,7,9-11,13,15-17,19,21-23,25,27-34,36-37,39-40,42,44-48,50,52-56,58,60-63H2,1-2H3,(H,77,81)/b8-6-,14-12-,20-18-,26-24-,38-35-,43-41+,51-49+,59-57+. The van der Waals surface area contributed by atoms with Crippen LogP contribution in [0.25, 0.3) is 0 Å². The molecule has 90 heavy (non-hydrogen) atoms. The van der Waals surface area contributed by atoms with E-state index >= 15 is 0 Å². The van der Waals surface area contributed by atoms with Crippen LogP contribution in [-0.2, 0) is 23.7 Å². The van der Waals surface area contributed by atoms with Crippen molar-refractivity contribution in [1.82, 2.24) is 5.32 Å². The molecule has 2 fully saturated rings. The molecule has 2 heterocycles. The summed E-state index contributed by atoms with van der Waals surface area (Å²) in [5.74, 6) is -0.261. The van der Waals surface area contributed by atoms with E-state index in [4.69, 9.17) is 18.9 Å². The van der Waals surface area contributed by atoms with Crippen molar-refractivity contribution in [1.29, 1.82) is 0 Å². The molecule has 0 aromatic heterocycles. The third-order valence-corrected chi connectivity index (χ3v) is 17.2. The fraction of sp³-hybridized carbons (Fsp3) is 0.776. The lowest BCUT2D eigenvalue weighted by Gasteiger charge is -2.46. The number of unbranched alkanes of at least 4 members (excludes halogenated alkanes) is 32. The molecule has 1 amide bonds. The summed E-state index contributed by atoms with van der Waals surface area (Å²) >= 11 is 0. The summed E-state index contributed by atoms with van der Waals surface area (Å²) in [7, 11) is 0. The first-order valence-electron chi connectivity index (χ1n) is 36.5. The van der Waals surface area contributed by atoms with Gasteiger partial charge in [0.15, 0.2) is 12.6 Å². The number of allylic oxidation sites excluding steroid dienone is 15. The minimum Gasteiger partial charge on any atom is -0.394 e. The topological polar surface area (TPSA) is 228 Å². The van der Waals surface area contributed by atoms with Crippen LogP contribution in [0.1, 0.15) is 284 Å². The number of carbonyl (C=O) groups is 1. The molecule has 0 saturated carbocycles. The zero-order valence-corrected chi connectivity index (χ0v) is 56.6. The highest BCUT2D eigenvalue weighted by Crippen LogP contribution is 2.30. The van der Waals surface area contributed by atoms with Gasteiger partial charge in [-0.3, -0.25) is 4.79 Å². The number of hydrogen-bond donors (Lipinski definition) is 9. The molecule has 0 spiro atoms. The Labute approximate surface area is 547 Å². The molecule has 0 aromatic rings. The summed E-state index contributed by atoms with van der Waals surface area (Å²) in [5.41, 5.74) is 0. The molecule has 520 valence electrons. The maximum Gasteiger partial charge on any atom is 0.220 e. The van der Waals surface area contributed by atoms with Crippen LogP contribution in [0, 0.1) is 0 Å². The smallest absolute Gasteiger partial charge is 0.220 e. The highest BCUT2D eigenvalue weighted by Gasteiger charge is 2.51. The Bertz CT molecular complexity index is 1880. The van der Waals surface area contributed by atoms with Crippen LogP contribution in [0.15, 0.2) is 97.2 Å². The lowest BCUT2D eigenvalue weighted by molar-refractivity contribution is -0.359. The van der Waals surface area contributed by atoms with Crippen molar-refractivity contribution in [3.8, 4) is 0 Å². The summed E-state index contributed by atoms with van der Waals surface area (Å²) in [6.45, 7) is 2.68. The number of hydrogen-bond acceptors (Lipinski definition) is 13. The van der Waals surface area contributed by atoms with E-state index in [0.717, 1.165) is 83.5 Å². The first kappa shape index (κ1) is 83.0. The molecule has 12 atom stereocenters. The van der Waals surface area contributed by atoms with Gasteiger partial charge >= 0.3 is 0 Å². The normalized spacial score (nSPS) is 23.5. The van der Waals surface area contributed by atoms with E-state index in [9.17, 15) is 45.6 Å². The minimum absolute atomic E-state index is 0.257. The van der Waals surface area contributed by atoms with Crippen molar-refractivity contribution in [3.05, 3.63) is 97.2 Å². The van der Waals surface area contributed by atoms with E-state index in [2.05, 4.69) is 104 Å². The van der Waals surface area contributed by atoms with Crippen LogP contribution < -0.4 is 5.32 Å². The second-order valence-corrected chi connectivity index (χ2v) is 25.3. The lowest BCUT2D eigenvalue weighted by atomic mass is 9.97. The van der Waals surface area contributed by atoms with Gasteiger partial charge in [0.25, 0.3) is 0 Å². The fourth-order valence-corrected chi connectivity index (χ4v) is 11.5. The first-order valence-corrected chi connectivity index (χ1v) is 36.5. The Hall–Kier alpha value is -3.09. The molecule has 0 aromatic carbocycles. The summed E-state index contributed by atoms with van der Waals surface area (Å²) < 4.78 is 22.8. The zero-order chi connectivity index (χ0) is 65.2. The Morgan fingerprint density at radius 1 is 0.411 bits per heavy atom. The predicted octanol–water partition coefficient (Wildman–Crippen LogP) is 15.3. The van der Waals surface area contributed by atoms with Crippen LogP contribution >= 0.6 is 0 Å². The number of aliphatic hydroxyl groups excluding tert-OH is 8. The third kappa shape index (κ3) is 43.0. The van der Waals surface area contributed by atoms with Gasteiger partial charge < -0.3 is 65.1 Å². The average Bonchev–Trinajstić information content (AvgIpc) is 1.41. The number of rotatable bonds is 59. The summed E-state index contributed by atoms with van der Waals surface area (Å²) in [6, 6.07) is -0.950. The monoisotopic (exact) mass is 1270 g/mol. The number of amides is 1. The van der Waals surface area contributed by atoms with Crippen LogP contribution in [0.5, 0.6) is 0 Å². The Kier molecular flexibility index (Phi) is 55.0. The van der Waals surface area contributed by atoms with Gasteiger partial charge in [-0.2, -0.15) is 0 Å². The van der Waals surface area contributed by atoms with E-state index in [1.807, 2.05) is 6.08 Å². The Morgan fingerprint density at radius 2 is 0.778 bits per heavy atom. The van der Waals surface area contributed by atoms with Crippen LogP contribution in [0.4, 0.5) is 0 Å². The minimum atomic E-state index is -1.80. The van der Waals surface area contributed by atoms with E-state index in [-0.39, 0.29) is 18.9 Å². The fourth-order valence-electron chi connectivity index (χ4n) is 11.5. The van der Waals surface area contributed by atoms with Gasteiger partial charge in [0.05, 0.1) is 32.0 Å². The Morgan fingerprint density at radius 3 is 1.22 bits per heavy atom. The molecule has 14 heteroatoms. The lowest BCUT2D eigenvalue weighted by Crippen LogP contribution is -2.65. The highest BCUT2D eigenvalue weighted by atomic mass is 16.7. The largest absolute Gasteiger partial charge is 0.394 e. The van der Waals surface area contributed by atoms with Crippen molar-refractivity contribution in [2.75, 3.05) is 19.8 Å². The summed E-state index contributed by atoms with van der Waals surface area (Å²) in [6.07, 6.45) is 67.6. The maximum atomic E-state index is 13.3. The van der Waals surface area contributed by atoms with Crippen LogP contribution in [-0.4, -0.2) is 140 Å². The van der Waals surface area contributed by atoms with Crippen molar-refractivity contribution in [3.63, 3.8) is 0 Å². The zero-order valence-electron chi connectivity index (χ0n) is 56.6. The number of aliphatic hydroxyl groups is 8. The summed E-state index contributed by atoms with van der Waals surface area (Å²) in [5, 5.41) is 87.5. The van der Waals surface area contributed by atoms with Crippen molar-refractivity contribution in [2.45, 2.75) is 357 Å². The molecule has 0 radical (unpaired) electrons. The van der Waals surface area contributed by atoms with Crippen molar-refractivity contribution < 1.29 is 64.6 Å².